The largest absolute Gasteiger partial charge is 0.375 e. The number of rotatable bonds is 6. The third-order valence-electron chi connectivity index (χ3n) is 3.40. The van der Waals surface area contributed by atoms with Crippen LogP contribution >= 0.6 is 0 Å². The Morgan fingerprint density at radius 3 is 2.43 bits per heavy atom. The average Bonchev–Trinajstić information content (AvgIpc) is 2.91. The summed E-state index contributed by atoms with van der Waals surface area (Å²) in [6.45, 7) is -0.0384. The minimum Gasteiger partial charge on any atom is -0.375 e. The summed E-state index contributed by atoms with van der Waals surface area (Å²) in [7, 11) is -2.05. The van der Waals surface area contributed by atoms with Crippen molar-refractivity contribution in [2.45, 2.75) is 36.6 Å². The summed E-state index contributed by atoms with van der Waals surface area (Å²) in [5, 5.41) is 2.62. The first-order valence-electron chi connectivity index (χ1n) is 6.92. The molecule has 2 rings (SSSR count). The highest BCUT2D eigenvalue weighted by Crippen LogP contribution is 2.21. The standard InChI is InChI=1S/C14H20N2O4S/c1-20-10-14(17)15-11-6-8-13(9-7-11)21(18,19)16-12-4-2-3-5-12/h6-9,12,16H,2-5,10H2,1H3,(H,15,17). The molecule has 21 heavy (non-hydrogen) atoms. The molecule has 7 heteroatoms. The summed E-state index contributed by atoms with van der Waals surface area (Å²) in [6, 6.07) is 6.14. The molecule has 2 N–H and O–H groups in total. The van der Waals surface area contributed by atoms with Crippen molar-refractivity contribution in [3.05, 3.63) is 24.3 Å². The third kappa shape index (κ3) is 4.52. The van der Waals surface area contributed by atoms with Gasteiger partial charge >= 0.3 is 0 Å². The number of ether oxygens (including phenoxy) is 1. The Labute approximate surface area is 124 Å². The van der Waals surface area contributed by atoms with Gasteiger partial charge in [0, 0.05) is 18.8 Å². The van der Waals surface area contributed by atoms with Crippen molar-refractivity contribution in [1.29, 1.82) is 0 Å². The van der Waals surface area contributed by atoms with Crippen LogP contribution in [-0.4, -0.2) is 34.1 Å². The van der Waals surface area contributed by atoms with Crippen LogP contribution in [0.25, 0.3) is 0 Å². The molecule has 1 aromatic carbocycles. The van der Waals surface area contributed by atoms with Crippen molar-refractivity contribution in [1.82, 2.24) is 4.72 Å². The minimum absolute atomic E-state index is 0.0380. The lowest BCUT2D eigenvalue weighted by molar-refractivity contribution is -0.119. The van der Waals surface area contributed by atoms with E-state index in [9.17, 15) is 13.2 Å². The number of anilines is 1. The van der Waals surface area contributed by atoms with Gasteiger partial charge in [-0.05, 0) is 37.1 Å². The van der Waals surface area contributed by atoms with Crippen molar-refractivity contribution in [2.24, 2.45) is 0 Å². The number of nitrogens with one attached hydrogen (secondary N) is 2. The van der Waals surface area contributed by atoms with E-state index in [2.05, 4.69) is 10.0 Å². The maximum Gasteiger partial charge on any atom is 0.250 e. The monoisotopic (exact) mass is 312 g/mol. The Morgan fingerprint density at radius 2 is 1.86 bits per heavy atom. The first-order chi connectivity index (χ1) is 10.0. The number of methoxy groups -OCH3 is 1. The molecule has 0 saturated heterocycles. The van der Waals surface area contributed by atoms with Crippen LogP contribution < -0.4 is 10.0 Å². The maximum atomic E-state index is 12.2. The molecule has 1 saturated carbocycles. The molecule has 0 spiro atoms. The molecule has 1 aromatic rings. The lowest BCUT2D eigenvalue weighted by Gasteiger charge is -2.13. The molecule has 0 aromatic heterocycles. The van der Waals surface area contributed by atoms with E-state index in [1.165, 1.54) is 19.2 Å². The zero-order chi connectivity index (χ0) is 15.3. The van der Waals surface area contributed by atoms with Crippen LogP contribution in [0.15, 0.2) is 29.2 Å². The van der Waals surface area contributed by atoms with E-state index in [4.69, 9.17) is 4.74 Å². The zero-order valence-electron chi connectivity index (χ0n) is 12.0. The summed E-state index contributed by atoms with van der Waals surface area (Å²) in [6.07, 6.45) is 3.92. The molecule has 1 aliphatic carbocycles. The number of carbonyl (C=O) groups is 1. The van der Waals surface area contributed by atoms with Crippen LogP contribution in [0, 0.1) is 0 Å². The number of carbonyl (C=O) groups excluding carboxylic acids is 1. The van der Waals surface area contributed by atoms with Crippen LogP contribution in [0.4, 0.5) is 5.69 Å². The second kappa shape index (κ2) is 7.02. The van der Waals surface area contributed by atoms with Crippen molar-refractivity contribution >= 4 is 21.6 Å². The van der Waals surface area contributed by atoms with Gasteiger partial charge in [0.1, 0.15) is 6.61 Å². The Balaban J connectivity index is 2.01. The lowest BCUT2D eigenvalue weighted by atomic mass is 10.3. The van der Waals surface area contributed by atoms with Gasteiger partial charge in [-0.15, -0.1) is 0 Å². The second-order valence-corrected chi connectivity index (χ2v) is 6.82. The highest BCUT2D eigenvalue weighted by molar-refractivity contribution is 7.89. The van der Waals surface area contributed by atoms with Crippen LogP contribution in [0.2, 0.25) is 0 Å². The molecule has 0 bridgehead atoms. The summed E-state index contributed by atoms with van der Waals surface area (Å²) >= 11 is 0. The van der Waals surface area contributed by atoms with Gasteiger partial charge in [0.15, 0.2) is 0 Å². The molecule has 6 nitrogen and oxygen atoms in total. The van der Waals surface area contributed by atoms with E-state index in [-0.39, 0.29) is 23.5 Å². The molecule has 1 aliphatic rings. The summed E-state index contributed by atoms with van der Waals surface area (Å²) < 4.78 is 31.8. The van der Waals surface area contributed by atoms with Gasteiger partial charge in [-0.25, -0.2) is 13.1 Å². The predicted octanol–water partition coefficient (Wildman–Crippen LogP) is 1.49. The Bertz CT molecular complexity index is 577. The van der Waals surface area contributed by atoms with Crippen molar-refractivity contribution in [3.8, 4) is 0 Å². The first-order valence-corrected chi connectivity index (χ1v) is 8.41. The van der Waals surface area contributed by atoms with Crippen molar-refractivity contribution < 1.29 is 17.9 Å². The fourth-order valence-electron chi connectivity index (χ4n) is 2.38. The highest BCUT2D eigenvalue weighted by atomic mass is 32.2. The Hall–Kier alpha value is -1.44. The van der Waals surface area contributed by atoms with Gasteiger partial charge in [0.05, 0.1) is 4.90 Å². The van der Waals surface area contributed by atoms with Gasteiger partial charge in [0.2, 0.25) is 15.9 Å². The fraction of sp³-hybridized carbons (Fsp3) is 0.500. The van der Waals surface area contributed by atoms with Crippen molar-refractivity contribution in [3.63, 3.8) is 0 Å². The SMILES string of the molecule is COCC(=O)Nc1ccc(S(=O)(=O)NC2CCCC2)cc1. The number of sulfonamides is 1. The third-order valence-corrected chi connectivity index (χ3v) is 4.94. The van der Waals surface area contributed by atoms with Gasteiger partial charge in [0.25, 0.3) is 0 Å². The van der Waals surface area contributed by atoms with Gasteiger partial charge in [-0.3, -0.25) is 4.79 Å². The van der Waals surface area contributed by atoms with Crippen LogP contribution in [-0.2, 0) is 19.6 Å². The van der Waals surface area contributed by atoms with Crippen LogP contribution in [0.1, 0.15) is 25.7 Å². The molecular weight excluding hydrogens is 292 g/mol. The maximum absolute atomic E-state index is 12.2. The predicted molar refractivity (Wildman–Crippen MR) is 79.5 cm³/mol. The van der Waals surface area contributed by atoms with Crippen molar-refractivity contribution in [2.75, 3.05) is 19.0 Å². The number of hydrogen-bond donors (Lipinski definition) is 2. The highest BCUT2D eigenvalue weighted by Gasteiger charge is 2.22. The second-order valence-electron chi connectivity index (χ2n) is 5.11. The molecule has 0 atom stereocenters. The number of hydrogen-bond acceptors (Lipinski definition) is 4. The van der Waals surface area contributed by atoms with Gasteiger partial charge in [-0.1, -0.05) is 12.8 Å². The molecule has 0 heterocycles. The summed E-state index contributed by atoms with van der Waals surface area (Å²) in [5.74, 6) is -0.280. The number of amides is 1. The molecule has 116 valence electrons. The Kier molecular flexibility index (Phi) is 5.33. The minimum atomic E-state index is -3.49. The molecule has 0 aliphatic heterocycles. The van der Waals surface area contributed by atoms with Crippen LogP contribution in [0.5, 0.6) is 0 Å². The van der Waals surface area contributed by atoms with Gasteiger partial charge < -0.3 is 10.1 Å². The van der Waals surface area contributed by atoms with E-state index < -0.39 is 10.0 Å². The van der Waals surface area contributed by atoms with E-state index >= 15 is 0 Å². The average molecular weight is 312 g/mol. The van der Waals surface area contributed by atoms with E-state index in [0.29, 0.717) is 5.69 Å². The molecular formula is C14H20N2O4S. The van der Waals surface area contributed by atoms with E-state index in [1.807, 2.05) is 0 Å². The Morgan fingerprint density at radius 1 is 1.24 bits per heavy atom. The zero-order valence-corrected chi connectivity index (χ0v) is 12.8. The quantitative estimate of drug-likeness (QED) is 0.833. The molecule has 1 amide bonds. The molecule has 1 fully saturated rings. The lowest BCUT2D eigenvalue weighted by Crippen LogP contribution is -2.32. The van der Waals surface area contributed by atoms with Gasteiger partial charge in [-0.2, -0.15) is 0 Å². The smallest absolute Gasteiger partial charge is 0.250 e. The molecule has 0 unspecified atom stereocenters. The first kappa shape index (κ1) is 15.9. The fourth-order valence-corrected chi connectivity index (χ4v) is 3.68. The topological polar surface area (TPSA) is 84.5 Å². The van der Waals surface area contributed by atoms with E-state index in [1.54, 1.807) is 12.1 Å². The normalized spacial score (nSPS) is 16.0. The van der Waals surface area contributed by atoms with Crippen LogP contribution in [0.3, 0.4) is 0 Å². The van der Waals surface area contributed by atoms with E-state index in [0.717, 1.165) is 25.7 Å². The summed E-state index contributed by atoms with van der Waals surface area (Å²) in [5.41, 5.74) is 0.539. The summed E-state index contributed by atoms with van der Waals surface area (Å²) in [4.78, 5) is 11.6. The molecule has 0 radical (unpaired) electrons. The number of benzene rings is 1.